The minimum Gasteiger partial charge on any atom is -0.443 e. The number of carbonyl (C=O) groups excluding carboxylic acids is 2. The highest BCUT2D eigenvalue weighted by Gasteiger charge is 2.28. The van der Waals surface area contributed by atoms with Crippen molar-refractivity contribution in [2.45, 2.75) is 6.10 Å². The van der Waals surface area contributed by atoms with Crippen LogP contribution in [0.1, 0.15) is 21.3 Å². The van der Waals surface area contributed by atoms with Crippen molar-refractivity contribution in [2.24, 2.45) is 0 Å². The van der Waals surface area contributed by atoms with Crippen LogP contribution in [0.5, 0.6) is 0 Å². The fourth-order valence-electron chi connectivity index (χ4n) is 2.55. The van der Waals surface area contributed by atoms with Gasteiger partial charge >= 0.3 is 5.97 Å². The van der Waals surface area contributed by atoms with Crippen LogP contribution in [0, 0.1) is 5.82 Å². The lowest BCUT2D eigenvalue weighted by atomic mass is 10.1. The molecule has 3 aromatic rings. The largest absolute Gasteiger partial charge is 0.443 e. The average molecular weight is 448 g/mol. The molecule has 0 fully saturated rings. The van der Waals surface area contributed by atoms with E-state index in [2.05, 4.69) is 10.0 Å². The van der Waals surface area contributed by atoms with Crippen molar-refractivity contribution in [2.75, 3.05) is 16.3 Å². The van der Waals surface area contributed by atoms with Crippen LogP contribution in [0.15, 0.2) is 66.0 Å². The second kappa shape index (κ2) is 9.06. The molecule has 0 aliphatic rings. The summed E-state index contributed by atoms with van der Waals surface area (Å²) in [7, 11) is -3.61. The van der Waals surface area contributed by atoms with Gasteiger partial charge in [-0.15, -0.1) is 11.3 Å². The first-order valence-electron chi connectivity index (χ1n) is 8.60. The number of carbonyl (C=O) groups is 2. The number of amides is 1. The first-order valence-corrected chi connectivity index (χ1v) is 11.4. The zero-order chi connectivity index (χ0) is 21.7. The van der Waals surface area contributed by atoms with Crippen molar-refractivity contribution in [3.8, 4) is 0 Å². The molecule has 0 unspecified atom stereocenters. The summed E-state index contributed by atoms with van der Waals surface area (Å²) in [5.74, 6) is -1.96. The third-order valence-electron chi connectivity index (χ3n) is 3.82. The molecular formula is C20H17FN2O5S2. The topological polar surface area (TPSA) is 102 Å². The monoisotopic (exact) mass is 448 g/mol. The molecule has 3 rings (SSSR count). The molecule has 10 heteroatoms. The Hall–Kier alpha value is -3.24. The molecule has 30 heavy (non-hydrogen) atoms. The molecule has 1 atom stereocenters. The van der Waals surface area contributed by atoms with Crippen LogP contribution in [-0.2, 0) is 19.6 Å². The number of ether oxygens (including phenoxy) is 1. The number of hydrogen-bond donors (Lipinski definition) is 2. The SMILES string of the molecule is CS(=O)(=O)Nc1ccsc1C(=O)O[C@@H](C(=O)Nc1ccc(F)cc1)c1ccccc1. The highest BCUT2D eigenvalue weighted by Crippen LogP contribution is 2.28. The van der Waals surface area contributed by atoms with E-state index in [0.717, 1.165) is 17.6 Å². The second-order valence-electron chi connectivity index (χ2n) is 6.23. The van der Waals surface area contributed by atoms with Crippen LogP contribution in [0.4, 0.5) is 15.8 Å². The lowest BCUT2D eigenvalue weighted by Gasteiger charge is -2.18. The van der Waals surface area contributed by atoms with Crippen molar-refractivity contribution >= 4 is 44.6 Å². The standard InChI is InChI=1S/C20H17FN2O5S2/c1-30(26,27)23-16-11-12-29-18(16)20(25)28-17(13-5-3-2-4-6-13)19(24)22-15-9-7-14(21)8-10-15/h2-12,17,23H,1H3,(H,22,24)/t17-/m1/s1. The third-order valence-corrected chi connectivity index (χ3v) is 5.31. The first kappa shape index (κ1) is 21.5. The number of sulfonamides is 1. The van der Waals surface area contributed by atoms with E-state index >= 15 is 0 Å². The van der Waals surface area contributed by atoms with Crippen LogP contribution >= 0.6 is 11.3 Å². The normalized spacial score (nSPS) is 12.1. The number of halogens is 1. The molecule has 0 saturated carbocycles. The van der Waals surface area contributed by atoms with E-state index < -0.39 is 33.8 Å². The third kappa shape index (κ3) is 5.65. The van der Waals surface area contributed by atoms with Crippen molar-refractivity contribution in [1.29, 1.82) is 0 Å². The van der Waals surface area contributed by atoms with Crippen LogP contribution in [0.3, 0.4) is 0 Å². The molecule has 0 saturated heterocycles. The average Bonchev–Trinajstić information content (AvgIpc) is 3.14. The number of hydrogen-bond acceptors (Lipinski definition) is 6. The summed E-state index contributed by atoms with van der Waals surface area (Å²) in [6, 6.07) is 14.9. The molecule has 1 amide bonds. The summed E-state index contributed by atoms with van der Waals surface area (Å²) in [6.07, 6.45) is -0.347. The molecule has 0 aliphatic carbocycles. The van der Waals surface area contributed by atoms with Crippen molar-refractivity contribution in [3.05, 3.63) is 82.3 Å². The van der Waals surface area contributed by atoms with Gasteiger partial charge in [-0.25, -0.2) is 17.6 Å². The number of anilines is 2. The Morgan fingerprint density at radius 2 is 1.70 bits per heavy atom. The van der Waals surface area contributed by atoms with Crippen molar-refractivity contribution in [3.63, 3.8) is 0 Å². The summed E-state index contributed by atoms with van der Waals surface area (Å²) in [4.78, 5) is 25.6. The molecule has 1 heterocycles. The number of thiophene rings is 1. The number of rotatable bonds is 7. The van der Waals surface area contributed by atoms with Gasteiger partial charge in [0, 0.05) is 11.3 Å². The predicted octanol–water partition coefficient (Wildman–Crippen LogP) is 3.80. The molecule has 0 spiro atoms. The number of nitrogens with one attached hydrogen (secondary N) is 2. The van der Waals surface area contributed by atoms with E-state index in [4.69, 9.17) is 4.74 Å². The van der Waals surface area contributed by atoms with Crippen LogP contribution in [-0.4, -0.2) is 26.6 Å². The van der Waals surface area contributed by atoms with Crippen LogP contribution < -0.4 is 10.0 Å². The van der Waals surface area contributed by atoms with Crippen molar-refractivity contribution in [1.82, 2.24) is 0 Å². The van der Waals surface area contributed by atoms with Gasteiger partial charge in [0.25, 0.3) is 5.91 Å². The molecule has 2 aromatic carbocycles. The smallest absolute Gasteiger partial charge is 0.351 e. The van der Waals surface area contributed by atoms with Gasteiger partial charge in [-0.1, -0.05) is 30.3 Å². The van der Waals surface area contributed by atoms with E-state index in [0.29, 0.717) is 11.3 Å². The van der Waals surface area contributed by atoms with E-state index in [-0.39, 0.29) is 10.6 Å². The molecule has 7 nitrogen and oxygen atoms in total. The van der Waals surface area contributed by atoms with Gasteiger partial charge in [0.15, 0.2) is 0 Å². The van der Waals surface area contributed by atoms with Gasteiger partial charge in [-0.05, 0) is 35.7 Å². The maximum Gasteiger partial charge on any atom is 0.351 e. The van der Waals surface area contributed by atoms with Crippen LogP contribution in [0.2, 0.25) is 0 Å². The van der Waals surface area contributed by atoms with Gasteiger partial charge < -0.3 is 10.1 Å². The van der Waals surface area contributed by atoms with Gasteiger partial charge in [-0.3, -0.25) is 9.52 Å². The lowest BCUT2D eigenvalue weighted by Crippen LogP contribution is -2.26. The Morgan fingerprint density at radius 1 is 1.03 bits per heavy atom. The van der Waals surface area contributed by atoms with E-state index in [1.807, 2.05) is 0 Å². The summed E-state index contributed by atoms with van der Waals surface area (Å²) >= 11 is 0.978. The Bertz CT molecular complexity index is 1150. The molecule has 156 valence electrons. The van der Waals surface area contributed by atoms with Gasteiger partial charge in [0.1, 0.15) is 10.7 Å². The molecule has 0 bridgehead atoms. The highest BCUT2D eigenvalue weighted by molar-refractivity contribution is 7.92. The molecule has 0 aliphatic heterocycles. The van der Waals surface area contributed by atoms with Crippen LogP contribution in [0.25, 0.3) is 0 Å². The Morgan fingerprint density at radius 3 is 2.33 bits per heavy atom. The maximum atomic E-state index is 13.1. The Labute approximate surface area is 176 Å². The molecule has 0 radical (unpaired) electrons. The minimum absolute atomic E-state index is 0.0101. The molecular weight excluding hydrogens is 431 g/mol. The fraction of sp³-hybridized carbons (Fsp3) is 0.100. The maximum absolute atomic E-state index is 13.1. The van der Waals surface area contributed by atoms with E-state index in [1.54, 1.807) is 30.3 Å². The predicted molar refractivity (Wildman–Crippen MR) is 112 cm³/mol. The summed E-state index contributed by atoms with van der Waals surface area (Å²) < 4.78 is 43.8. The fourth-order valence-corrected chi connectivity index (χ4v) is 3.91. The van der Waals surface area contributed by atoms with Gasteiger partial charge in [0.05, 0.1) is 11.9 Å². The van der Waals surface area contributed by atoms with Gasteiger partial charge in [0.2, 0.25) is 16.1 Å². The Balaban J connectivity index is 1.85. The van der Waals surface area contributed by atoms with Crippen molar-refractivity contribution < 1.29 is 27.1 Å². The summed E-state index contributed by atoms with van der Waals surface area (Å²) in [5.41, 5.74) is 0.812. The molecule has 1 aromatic heterocycles. The van der Waals surface area contributed by atoms with E-state index in [9.17, 15) is 22.4 Å². The highest BCUT2D eigenvalue weighted by atomic mass is 32.2. The van der Waals surface area contributed by atoms with E-state index in [1.165, 1.54) is 35.7 Å². The zero-order valence-electron chi connectivity index (χ0n) is 15.7. The summed E-state index contributed by atoms with van der Waals surface area (Å²) in [5, 5.41) is 4.11. The van der Waals surface area contributed by atoms with Gasteiger partial charge in [-0.2, -0.15) is 0 Å². The minimum atomic E-state index is -3.61. The quantitative estimate of drug-likeness (QED) is 0.536. The first-order chi connectivity index (χ1) is 14.2. The summed E-state index contributed by atoms with van der Waals surface area (Å²) in [6.45, 7) is 0. The second-order valence-corrected chi connectivity index (χ2v) is 8.89. The number of benzene rings is 2. The Kier molecular flexibility index (Phi) is 6.48. The number of esters is 1. The lowest BCUT2D eigenvalue weighted by molar-refractivity contribution is -0.125. The molecule has 2 N–H and O–H groups in total. The zero-order valence-corrected chi connectivity index (χ0v) is 17.3.